The second kappa shape index (κ2) is 7.45. The van der Waals surface area contributed by atoms with Crippen LogP contribution in [0.5, 0.6) is 0 Å². The summed E-state index contributed by atoms with van der Waals surface area (Å²) in [5.74, 6) is 1.37. The van der Waals surface area contributed by atoms with Gasteiger partial charge in [0.15, 0.2) is 0 Å². The third-order valence-electron chi connectivity index (χ3n) is 3.53. The van der Waals surface area contributed by atoms with Crippen molar-refractivity contribution >= 4 is 5.91 Å². The van der Waals surface area contributed by atoms with Gasteiger partial charge in [0, 0.05) is 13.2 Å². The molecular formula is C15H24N2O3. The molecule has 0 bridgehead atoms. The molecule has 0 radical (unpaired) electrons. The number of furan rings is 1. The van der Waals surface area contributed by atoms with E-state index < -0.39 is 0 Å². The number of hydrogen-bond donors (Lipinski definition) is 2. The lowest BCUT2D eigenvalue weighted by Crippen LogP contribution is -2.33. The lowest BCUT2D eigenvalue weighted by Gasteiger charge is -2.22. The van der Waals surface area contributed by atoms with Crippen molar-refractivity contribution in [2.45, 2.75) is 39.2 Å². The molecule has 1 aromatic heterocycles. The molecule has 1 aliphatic rings. The first-order chi connectivity index (χ1) is 9.66. The van der Waals surface area contributed by atoms with E-state index in [0.717, 1.165) is 38.1 Å². The van der Waals surface area contributed by atoms with E-state index >= 15 is 0 Å². The number of hydrogen-bond acceptors (Lipinski definition) is 4. The van der Waals surface area contributed by atoms with Crippen molar-refractivity contribution in [3.8, 4) is 0 Å². The average molecular weight is 280 g/mol. The zero-order chi connectivity index (χ0) is 14.4. The second-order valence-corrected chi connectivity index (χ2v) is 5.26. The molecule has 2 N–H and O–H groups in total. The Hall–Kier alpha value is -1.33. The standard InChI is InChI=1S/C15H24N2O3/c1-11-10-14(12(2)20-11)15(18)17-6-3-9-19-13-4-7-16-8-5-13/h10,13,16H,3-9H2,1-2H3,(H,17,18). The van der Waals surface area contributed by atoms with Crippen molar-refractivity contribution in [1.82, 2.24) is 10.6 Å². The highest BCUT2D eigenvalue weighted by Gasteiger charge is 2.14. The first-order valence-corrected chi connectivity index (χ1v) is 7.34. The summed E-state index contributed by atoms with van der Waals surface area (Å²) in [6.45, 7) is 7.07. The molecule has 5 heteroatoms. The Kier molecular flexibility index (Phi) is 5.61. The van der Waals surface area contributed by atoms with E-state index in [4.69, 9.17) is 9.15 Å². The SMILES string of the molecule is Cc1cc(C(=O)NCCCOC2CCNCC2)c(C)o1. The van der Waals surface area contributed by atoms with Gasteiger partial charge in [0.05, 0.1) is 11.7 Å². The summed E-state index contributed by atoms with van der Waals surface area (Å²) in [7, 11) is 0. The van der Waals surface area contributed by atoms with Crippen molar-refractivity contribution in [3.05, 3.63) is 23.2 Å². The number of ether oxygens (including phenoxy) is 1. The molecule has 20 heavy (non-hydrogen) atoms. The maximum Gasteiger partial charge on any atom is 0.254 e. The van der Waals surface area contributed by atoms with E-state index in [-0.39, 0.29) is 5.91 Å². The molecule has 1 fully saturated rings. The Bertz CT molecular complexity index is 436. The van der Waals surface area contributed by atoms with Crippen LogP contribution >= 0.6 is 0 Å². The van der Waals surface area contributed by atoms with E-state index in [9.17, 15) is 4.79 Å². The minimum atomic E-state index is -0.0683. The Morgan fingerprint density at radius 1 is 1.45 bits per heavy atom. The topological polar surface area (TPSA) is 63.5 Å². The molecule has 1 saturated heterocycles. The average Bonchev–Trinajstić information content (AvgIpc) is 2.78. The van der Waals surface area contributed by atoms with Crippen LogP contribution in [0.3, 0.4) is 0 Å². The van der Waals surface area contributed by atoms with E-state index in [1.807, 2.05) is 13.8 Å². The Morgan fingerprint density at radius 3 is 2.85 bits per heavy atom. The third kappa shape index (κ3) is 4.35. The Morgan fingerprint density at radius 2 is 2.20 bits per heavy atom. The molecule has 1 aliphatic heterocycles. The zero-order valence-corrected chi connectivity index (χ0v) is 12.3. The quantitative estimate of drug-likeness (QED) is 0.780. The van der Waals surface area contributed by atoms with Crippen LogP contribution in [0.4, 0.5) is 0 Å². The van der Waals surface area contributed by atoms with Crippen molar-refractivity contribution in [1.29, 1.82) is 0 Å². The van der Waals surface area contributed by atoms with E-state index in [1.54, 1.807) is 6.07 Å². The molecular weight excluding hydrogens is 256 g/mol. The van der Waals surface area contributed by atoms with Gasteiger partial charge in [-0.25, -0.2) is 0 Å². The zero-order valence-electron chi connectivity index (χ0n) is 12.3. The van der Waals surface area contributed by atoms with Gasteiger partial charge in [0.2, 0.25) is 0 Å². The second-order valence-electron chi connectivity index (χ2n) is 5.26. The highest BCUT2D eigenvalue weighted by molar-refractivity contribution is 5.95. The number of piperidine rings is 1. The maximum atomic E-state index is 11.9. The number of nitrogens with one attached hydrogen (secondary N) is 2. The van der Waals surface area contributed by atoms with Gasteiger partial charge in [0.1, 0.15) is 11.5 Å². The fraction of sp³-hybridized carbons (Fsp3) is 0.667. The molecule has 0 aromatic carbocycles. The molecule has 2 rings (SSSR count). The van der Waals surface area contributed by atoms with Crippen LogP contribution in [0.2, 0.25) is 0 Å². The maximum absolute atomic E-state index is 11.9. The molecule has 0 aliphatic carbocycles. The van der Waals surface area contributed by atoms with Gasteiger partial charge < -0.3 is 19.8 Å². The minimum Gasteiger partial charge on any atom is -0.466 e. The number of amides is 1. The summed E-state index contributed by atoms with van der Waals surface area (Å²) in [6.07, 6.45) is 3.39. The fourth-order valence-electron chi connectivity index (χ4n) is 2.44. The van der Waals surface area contributed by atoms with Crippen LogP contribution in [0.1, 0.15) is 41.1 Å². The molecule has 0 unspecified atom stereocenters. The Labute approximate surface area is 120 Å². The summed E-state index contributed by atoms with van der Waals surface area (Å²) in [5.41, 5.74) is 0.627. The third-order valence-corrected chi connectivity index (χ3v) is 3.53. The number of carbonyl (C=O) groups excluding carboxylic acids is 1. The van der Waals surface area contributed by atoms with E-state index in [2.05, 4.69) is 10.6 Å². The van der Waals surface area contributed by atoms with Gasteiger partial charge in [-0.15, -0.1) is 0 Å². The summed E-state index contributed by atoms with van der Waals surface area (Å²) < 4.78 is 11.1. The van der Waals surface area contributed by atoms with Crippen LogP contribution in [-0.2, 0) is 4.74 Å². The number of aryl methyl sites for hydroxylation is 2. The van der Waals surface area contributed by atoms with Crippen molar-refractivity contribution in [3.63, 3.8) is 0 Å². The summed E-state index contributed by atoms with van der Waals surface area (Å²) in [6, 6.07) is 1.77. The highest BCUT2D eigenvalue weighted by atomic mass is 16.5. The van der Waals surface area contributed by atoms with Crippen molar-refractivity contribution < 1.29 is 13.9 Å². The van der Waals surface area contributed by atoms with Gasteiger partial charge in [-0.3, -0.25) is 4.79 Å². The van der Waals surface area contributed by atoms with Crippen LogP contribution in [0.15, 0.2) is 10.5 Å². The summed E-state index contributed by atoms with van der Waals surface area (Å²) in [4.78, 5) is 11.9. The predicted octanol–water partition coefficient (Wildman–Crippen LogP) is 1.78. The fourth-order valence-corrected chi connectivity index (χ4v) is 2.44. The van der Waals surface area contributed by atoms with Crippen LogP contribution in [-0.4, -0.2) is 38.3 Å². The number of carbonyl (C=O) groups is 1. The smallest absolute Gasteiger partial charge is 0.254 e. The molecule has 112 valence electrons. The summed E-state index contributed by atoms with van der Waals surface area (Å²) in [5, 5.41) is 6.21. The van der Waals surface area contributed by atoms with Gasteiger partial charge in [-0.1, -0.05) is 0 Å². The largest absolute Gasteiger partial charge is 0.466 e. The molecule has 1 amide bonds. The molecule has 0 atom stereocenters. The molecule has 5 nitrogen and oxygen atoms in total. The van der Waals surface area contributed by atoms with E-state index in [0.29, 0.717) is 30.6 Å². The first-order valence-electron chi connectivity index (χ1n) is 7.34. The van der Waals surface area contributed by atoms with Crippen LogP contribution < -0.4 is 10.6 Å². The van der Waals surface area contributed by atoms with E-state index in [1.165, 1.54) is 0 Å². The van der Waals surface area contributed by atoms with Gasteiger partial charge in [-0.05, 0) is 52.3 Å². The van der Waals surface area contributed by atoms with Gasteiger partial charge in [-0.2, -0.15) is 0 Å². The van der Waals surface area contributed by atoms with Gasteiger partial charge in [0.25, 0.3) is 5.91 Å². The van der Waals surface area contributed by atoms with Gasteiger partial charge >= 0.3 is 0 Å². The molecule has 0 spiro atoms. The number of rotatable bonds is 6. The molecule has 1 aromatic rings. The molecule has 2 heterocycles. The lowest BCUT2D eigenvalue weighted by molar-refractivity contribution is 0.0318. The predicted molar refractivity (Wildman–Crippen MR) is 77.0 cm³/mol. The van der Waals surface area contributed by atoms with Crippen LogP contribution in [0, 0.1) is 13.8 Å². The van der Waals surface area contributed by atoms with Crippen molar-refractivity contribution in [2.24, 2.45) is 0 Å². The summed E-state index contributed by atoms with van der Waals surface area (Å²) >= 11 is 0. The van der Waals surface area contributed by atoms with Crippen molar-refractivity contribution in [2.75, 3.05) is 26.2 Å². The lowest BCUT2D eigenvalue weighted by atomic mass is 10.1. The Balaban J connectivity index is 1.61. The highest BCUT2D eigenvalue weighted by Crippen LogP contribution is 2.13. The monoisotopic (exact) mass is 280 g/mol. The molecule has 0 saturated carbocycles. The first kappa shape index (κ1) is 15.1. The van der Waals surface area contributed by atoms with Crippen LogP contribution in [0.25, 0.3) is 0 Å². The minimum absolute atomic E-state index is 0.0683. The normalized spacial score (nSPS) is 16.3.